The molecule has 3 rings (SSSR count). The van der Waals surface area contributed by atoms with Crippen LogP contribution in [0.15, 0.2) is 48.7 Å². The summed E-state index contributed by atoms with van der Waals surface area (Å²) >= 11 is 5.70. The lowest BCUT2D eigenvalue weighted by molar-refractivity contribution is 0.103. The van der Waals surface area contributed by atoms with Gasteiger partial charge in [0.15, 0.2) is 5.69 Å². The van der Waals surface area contributed by atoms with Crippen LogP contribution in [0.2, 0.25) is 5.02 Å². The van der Waals surface area contributed by atoms with Crippen molar-refractivity contribution < 1.29 is 13.6 Å². The van der Waals surface area contributed by atoms with E-state index < -0.39 is 11.6 Å². The number of benzene rings is 2. The maximum absolute atomic E-state index is 13.1. The van der Waals surface area contributed by atoms with Crippen molar-refractivity contribution in [3.8, 4) is 5.69 Å². The molecule has 0 aliphatic carbocycles. The standard InChI is InChI=1S/C15H8ClF2N3O/c16-12-7-11(5-6-13(12)18)21-8-14(19-20-21)15(22)9-1-3-10(17)4-2-9/h1-8H. The van der Waals surface area contributed by atoms with E-state index in [-0.39, 0.29) is 16.5 Å². The Labute approximate surface area is 129 Å². The summed E-state index contributed by atoms with van der Waals surface area (Å²) in [6, 6.07) is 9.15. The molecule has 2 aromatic carbocycles. The van der Waals surface area contributed by atoms with Gasteiger partial charge in [0.25, 0.3) is 0 Å². The van der Waals surface area contributed by atoms with Crippen molar-refractivity contribution in [3.63, 3.8) is 0 Å². The summed E-state index contributed by atoms with van der Waals surface area (Å²) in [5, 5.41) is 7.53. The highest BCUT2D eigenvalue weighted by molar-refractivity contribution is 6.30. The topological polar surface area (TPSA) is 47.8 Å². The van der Waals surface area contributed by atoms with Gasteiger partial charge in [-0.25, -0.2) is 13.5 Å². The number of ketones is 1. The molecule has 0 unspecified atom stereocenters. The van der Waals surface area contributed by atoms with Crippen LogP contribution in [-0.2, 0) is 0 Å². The Morgan fingerprint density at radius 2 is 1.82 bits per heavy atom. The Bertz CT molecular complexity index is 846. The smallest absolute Gasteiger partial charge is 0.214 e. The summed E-state index contributed by atoms with van der Waals surface area (Å²) in [5.74, 6) is -1.37. The highest BCUT2D eigenvalue weighted by atomic mass is 35.5. The summed E-state index contributed by atoms with van der Waals surface area (Å²) in [4.78, 5) is 12.2. The molecule has 22 heavy (non-hydrogen) atoms. The van der Waals surface area contributed by atoms with Crippen LogP contribution in [0.1, 0.15) is 16.1 Å². The molecule has 1 aromatic heterocycles. The second-order valence-electron chi connectivity index (χ2n) is 4.48. The van der Waals surface area contributed by atoms with Gasteiger partial charge in [-0.3, -0.25) is 4.79 Å². The third-order valence-corrected chi connectivity index (χ3v) is 3.29. The largest absolute Gasteiger partial charge is 0.287 e. The van der Waals surface area contributed by atoms with Gasteiger partial charge < -0.3 is 0 Å². The molecule has 4 nitrogen and oxygen atoms in total. The molecule has 0 aliphatic heterocycles. The Hall–Kier alpha value is -2.60. The first-order valence-corrected chi connectivity index (χ1v) is 6.60. The van der Waals surface area contributed by atoms with Crippen LogP contribution in [-0.4, -0.2) is 20.8 Å². The van der Waals surface area contributed by atoms with Crippen molar-refractivity contribution in [2.24, 2.45) is 0 Å². The van der Waals surface area contributed by atoms with Gasteiger partial charge in [-0.1, -0.05) is 16.8 Å². The molecule has 0 spiro atoms. The molecule has 7 heteroatoms. The number of hydrogen-bond acceptors (Lipinski definition) is 3. The van der Waals surface area contributed by atoms with Gasteiger partial charge in [0.05, 0.1) is 16.9 Å². The molecule has 0 amide bonds. The molecule has 0 N–H and O–H groups in total. The molecule has 0 aliphatic rings. The lowest BCUT2D eigenvalue weighted by Crippen LogP contribution is -2.01. The van der Waals surface area contributed by atoms with Crippen LogP contribution >= 0.6 is 11.6 Å². The van der Waals surface area contributed by atoms with Gasteiger partial charge >= 0.3 is 0 Å². The van der Waals surface area contributed by atoms with E-state index >= 15 is 0 Å². The molecule has 0 radical (unpaired) electrons. The first-order chi connectivity index (χ1) is 10.5. The van der Waals surface area contributed by atoms with Gasteiger partial charge in [0.2, 0.25) is 5.78 Å². The molecule has 3 aromatic rings. The fourth-order valence-corrected chi connectivity index (χ4v) is 2.05. The third kappa shape index (κ3) is 2.73. The number of nitrogens with zero attached hydrogens (tertiary/aromatic N) is 3. The lowest BCUT2D eigenvalue weighted by atomic mass is 10.1. The van der Waals surface area contributed by atoms with Gasteiger partial charge in [-0.15, -0.1) is 5.10 Å². The van der Waals surface area contributed by atoms with Crippen LogP contribution in [0.25, 0.3) is 5.69 Å². The fraction of sp³-hybridized carbons (Fsp3) is 0. The van der Waals surface area contributed by atoms with Crippen LogP contribution in [0.3, 0.4) is 0 Å². The molecule has 0 bridgehead atoms. The molecule has 1 heterocycles. The second kappa shape index (κ2) is 5.65. The van der Waals surface area contributed by atoms with Crippen molar-refractivity contribution in [2.75, 3.05) is 0 Å². The highest BCUT2D eigenvalue weighted by Gasteiger charge is 2.14. The first-order valence-electron chi connectivity index (χ1n) is 6.22. The number of hydrogen-bond donors (Lipinski definition) is 0. The highest BCUT2D eigenvalue weighted by Crippen LogP contribution is 2.18. The minimum Gasteiger partial charge on any atom is -0.287 e. The molecule has 110 valence electrons. The van der Waals surface area contributed by atoms with Gasteiger partial charge in [-0.2, -0.15) is 0 Å². The SMILES string of the molecule is O=C(c1ccc(F)cc1)c1cn(-c2ccc(F)c(Cl)c2)nn1. The summed E-state index contributed by atoms with van der Waals surface area (Å²) in [6.45, 7) is 0. The van der Waals surface area contributed by atoms with Crippen molar-refractivity contribution in [1.29, 1.82) is 0 Å². The quantitative estimate of drug-likeness (QED) is 0.695. The summed E-state index contributed by atoms with van der Waals surface area (Å²) in [7, 11) is 0. The van der Waals surface area contributed by atoms with Gasteiger partial charge in [0, 0.05) is 5.56 Å². The zero-order valence-electron chi connectivity index (χ0n) is 11.0. The maximum atomic E-state index is 13.1. The van der Waals surface area contributed by atoms with Crippen LogP contribution in [0, 0.1) is 11.6 Å². The van der Waals surface area contributed by atoms with Crippen LogP contribution in [0.5, 0.6) is 0 Å². The third-order valence-electron chi connectivity index (χ3n) is 3.00. The Morgan fingerprint density at radius 3 is 2.50 bits per heavy atom. The fourth-order valence-electron chi connectivity index (χ4n) is 1.87. The van der Waals surface area contributed by atoms with E-state index in [2.05, 4.69) is 10.3 Å². The monoisotopic (exact) mass is 319 g/mol. The first kappa shape index (κ1) is 14.3. The van der Waals surface area contributed by atoms with Crippen molar-refractivity contribution in [3.05, 3.63) is 76.6 Å². The second-order valence-corrected chi connectivity index (χ2v) is 4.89. The number of rotatable bonds is 3. The van der Waals surface area contributed by atoms with E-state index in [1.807, 2.05) is 0 Å². The van der Waals surface area contributed by atoms with E-state index in [1.54, 1.807) is 0 Å². The van der Waals surface area contributed by atoms with E-state index in [0.29, 0.717) is 11.3 Å². The van der Waals surface area contributed by atoms with Crippen molar-refractivity contribution >= 4 is 17.4 Å². The number of carbonyl (C=O) groups excluding carboxylic acids is 1. The van der Waals surface area contributed by atoms with Gasteiger partial charge in [-0.05, 0) is 42.5 Å². The zero-order valence-corrected chi connectivity index (χ0v) is 11.8. The number of carbonyl (C=O) groups is 1. The van der Waals surface area contributed by atoms with Crippen LogP contribution in [0.4, 0.5) is 8.78 Å². The van der Waals surface area contributed by atoms with Crippen molar-refractivity contribution in [1.82, 2.24) is 15.0 Å². The average Bonchev–Trinajstić information content (AvgIpc) is 3.00. The van der Waals surface area contributed by atoms with E-state index in [0.717, 1.165) is 0 Å². The van der Waals surface area contributed by atoms with Crippen LogP contribution < -0.4 is 0 Å². The summed E-state index contributed by atoms with van der Waals surface area (Å²) in [6.07, 6.45) is 1.40. The van der Waals surface area contributed by atoms with E-state index in [4.69, 9.17) is 11.6 Å². The molecule has 0 atom stereocenters. The molecule has 0 saturated heterocycles. The Kier molecular flexibility index (Phi) is 3.68. The minimum absolute atomic E-state index is 0.0561. The van der Waals surface area contributed by atoms with E-state index in [9.17, 15) is 13.6 Å². The summed E-state index contributed by atoms with van der Waals surface area (Å²) < 4.78 is 27.3. The normalized spacial score (nSPS) is 10.7. The predicted molar refractivity (Wildman–Crippen MR) is 76.2 cm³/mol. The molecular weight excluding hydrogens is 312 g/mol. The predicted octanol–water partition coefficient (Wildman–Crippen LogP) is 3.43. The van der Waals surface area contributed by atoms with E-state index in [1.165, 1.54) is 53.3 Å². The molecule has 0 fully saturated rings. The van der Waals surface area contributed by atoms with Gasteiger partial charge in [0.1, 0.15) is 11.6 Å². The Balaban J connectivity index is 1.91. The Morgan fingerprint density at radius 1 is 1.09 bits per heavy atom. The number of halogens is 3. The average molecular weight is 320 g/mol. The maximum Gasteiger partial charge on any atom is 0.214 e. The zero-order chi connectivity index (χ0) is 15.7. The molecule has 0 saturated carbocycles. The van der Waals surface area contributed by atoms with Crippen molar-refractivity contribution in [2.45, 2.75) is 0 Å². The number of aromatic nitrogens is 3. The molecular formula is C15H8ClF2N3O. The minimum atomic E-state index is -0.548. The lowest BCUT2D eigenvalue weighted by Gasteiger charge is -2.00. The summed E-state index contributed by atoms with van der Waals surface area (Å²) in [5.41, 5.74) is 0.856.